The Kier molecular flexibility index (Phi) is 7.74. The van der Waals surface area contributed by atoms with Crippen LogP contribution in [0.15, 0.2) is 0 Å². The molecule has 104 valence electrons. The first kappa shape index (κ1) is 16.4. The van der Waals surface area contributed by atoms with Gasteiger partial charge >= 0.3 is 12.0 Å². The fourth-order valence-corrected chi connectivity index (χ4v) is 1.45. The Bertz CT molecular complexity index is 304. The summed E-state index contributed by atoms with van der Waals surface area (Å²) in [5.41, 5.74) is 0. The molecule has 0 radical (unpaired) electrons. The zero-order chi connectivity index (χ0) is 14.1. The zero-order valence-corrected chi connectivity index (χ0v) is 11.2. The molecule has 1 atom stereocenters. The van der Waals surface area contributed by atoms with Crippen LogP contribution in [-0.4, -0.2) is 41.5 Å². The van der Waals surface area contributed by atoms with Crippen molar-refractivity contribution >= 4 is 17.9 Å². The first-order valence-corrected chi connectivity index (χ1v) is 6.13. The summed E-state index contributed by atoms with van der Waals surface area (Å²) in [5, 5.41) is 10.8. The van der Waals surface area contributed by atoms with Gasteiger partial charge in [0.05, 0.1) is 0 Å². The molecule has 0 aromatic carbocycles. The molecular formula is C12H22N2O4. The maximum atomic E-state index is 11.5. The molecule has 3 amide bonds. The van der Waals surface area contributed by atoms with Crippen molar-refractivity contribution in [2.24, 2.45) is 5.92 Å². The first-order valence-electron chi connectivity index (χ1n) is 6.13. The Morgan fingerprint density at radius 1 is 1.28 bits per heavy atom. The zero-order valence-electron chi connectivity index (χ0n) is 11.2. The number of imide groups is 1. The molecule has 0 heterocycles. The lowest BCUT2D eigenvalue weighted by molar-refractivity contribution is -0.138. The third-order valence-electron chi connectivity index (χ3n) is 2.50. The molecule has 18 heavy (non-hydrogen) atoms. The second-order valence-electron chi connectivity index (χ2n) is 4.54. The van der Waals surface area contributed by atoms with Crippen LogP contribution in [0.4, 0.5) is 4.79 Å². The number of rotatable bonds is 7. The highest BCUT2D eigenvalue weighted by Gasteiger charge is 2.16. The van der Waals surface area contributed by atoms with E-state index in [1.807, 2.05) is 6.92 Å². The second-order valence-corrected chi connectivity index (χ2v) is 4.54. The van der Waals surface area contributed by atoms with Gasteiger partial charge in [-0.1, -0.05) is 20.3 Å². The van der Waals surface area contributed by atoms with Gasteiger partial charge in [-0.05, 0) is 12.3 Å². The van der Waals surface area contributed by atoms with E-state index < -0.39 is 17.9 Å². The Morgan fingerprint density at radius 2 is 1.89 bits per heavy atom. The predicted molar refractivity (Wildman–Crippen MR) is 67.1 cm³/mol. The minimum atomic E-state index is -0.943. The largest absolute Gasteiger partial charge is 0.481 e. The molecule has 2 N–H and O–H groups in total. The van der Waals surface area contributed by atoms with Crippen molar-refractivity contribution < 1.29 is 19.5 Å². The van der Waals surface area contributed by atoms with Crippen molar-refractivity contribution in [1.29, 1.82) is 0 Å². The van der Waals surface area contributed by atoms with E-state index in [2.05, 4.69) is 5.32 Å². The number of carboxylic acids is 1. The quantitative estimate of drug-likeness (QED) is 0.723. The van der Waals surface area contributed by atoms with E-state index in [1.54, 1.807) is 14.0 Å². The number of amides is 3. The number of aliphatic carboxylic acids is 1. The minimum Gasteiger partial charge on any atom is -0.481 e. The van der Waals surface area contributed by atoms with Gasteiger partial charge in [0.1, 0.15) is 0 Å². The maximum Gasteiger partial charge on any atom is 0.323 e. The van der Waals surface area contributed by atoms with E-state index in [9.17, 15) is 14.4 Å². The topological polar surface area (TPSA) is 86.7 Å². The number of hydrogen-bond acceptors (Lipinski definition) is 3. The summed E-state index contributed by atoms with van der Waals surface area (Å²) in [6.45, 7) is 4.28. The number of urea groups is 1. The van der Waals surface area contributed by atoms with Gasteiger partial charge in [0, 0.05) is 26.4 Å². The van der Waals surface area contributed by atoms with E-state index in [0.717, 1.165) is 12.8 Å². The molecule has 0 aliphatic heterocycles. The van der Waals surface area contributed by atoms with Crippen LogP contribution in [0.1, 0.15) is 39.5 Å². The summed E-state index contributed by atoms with van der Waals surface area (Å²) in [4.78, 5) is 34.9. The highest BCUT2D eigenvalue weighted by atomic mass is 16.4. The molecule has 0 aromatic rings. The van der Waals surface area contributed by atoms with Gasteiger partial charge in [-0.2, -0.15) is 0 Å². The fourth-order valence-electron chi connectivity index (χ4n) is 1.45. The predicted octanol–water partition coefficient (Wildman–Crippen LogP) is 1.46. The van der Waals surface area contributed by atoms with E-state index in [0.29, 0.717) is 6.54 Å². The molecule has 0 saturated heterocycles. The summed E-state index contributed by atoms with van der Waals surface area (Å²) in [5.74, 6) is -1.66. The SMILES string of the molecule is CCCCN(C)C(=O)NC(=O)CC(C)CC(=O)O. The van der Waals surface area contributed by atoms with Crippen LogP contribution in [0.25, 0.3) is 0 Å². The highest BCUT2D eigenvalue weighted by molar-refractivity contribution is 5.94. The molecule has 0 aromatic heterocycles. The fraction of sp³-hybridized carbons (Fsp3) is 0.750. The Balaban J connectivity index is 4.00. The Labute approximate surface area is 107 Å². The van der Waals surface area contributed by atoms with Crippen LogP contribution < -0.4 is 5.32 Å². The number of carboxylic acid groups (broad SMARTS) is 1. The van der Waals surface area contributed by atoms with Crippen molar-refractivity contribution in [2.45, 2.75) is 39.5 Å². The summed E-state index contributed by atoms with van der Waals surface area (Å²) < 4.78 is 0. The van der Waals surface area contributed by atoms with Crippen LogP contribution in [0.2, 0.25) is 0 Å². The van der Waals surface area contributed by atoms with Crippen molar-refractivity contribution in [3.05, 3.63) is 0 Å². The van der Waals surface area contributed by atoms with E-state index in [4.69, 9.17) is 5.11 Å². The molecule has 0 aliphatic carbocycles. The Hall–Kier alpha value is -1.59. The molecule has 1 unspecified atom stereocenters. The molecule has 0 bridgehead atoms. The third-order valence-corrected chi connectivity index (χ3v) is 2.50. The van der Waals surface area contributed by atoms with Crippen molar-refractivity contribution in [1.82, 2.24) is 10.2 Å². The van der Waals surface area contributed by atoms with Gasteiger partial charge in [0.25, 0.3) is 0 Å². The first-order chi connectivity index (χ1) is 8.36. The number of carbonyl (C=O) groups excluding carboxylic acids is 2. The molecule has 6 nitrogen and oxygen atoms in total. The molecule has 0 rings (SSSR count). The van der Waals surface area contributed by atoms with E-state index in [-0.39, 0.29) is 18.8 Å². The van der Waals surface area contributed by atoms with E-state index in [1.165, 1.54) is 4.90 Å². The third kappa shape index (κ3) is 7.65. The van der Waals surface area contributed by atoms with Crippen molar-refractivity contribution in [3.63, 3.8) is 0 Å². The average Bonchev–Trinajstić information content (AvgIpc) is 2.23. The molecule has 0 saturated carbocycles. The van der Waals surface area contributed by atoms with Gasteiger partial charge in [0.15, 0.2) is 0 Å². The van der Waals surface area contributed by atoms with Crippen LogP contribution in [-0.2, 0) is 9.59 Å². The van der Waals surface area contributed by atoms with Crippen LogP contribution in [0, 0.1) is 5.92 Å². The van der Waals surface area contributed by atoms with Gasteiger partial charge in [-0.15, -0.1) is 0 Å². The molecule has 0 fully saturated rings. The standard InChI is InChI=1S/C12H22N2O4/c1-4-5-6-14(3)12(18)13-10(15)7-9(2)8-11(16)17/h9H,4-8H2,1-3H3,(H,16,17)(H,13,15,18). The second kappa shape index (κ2) is 8.49. The number of hydrogen-bond donors (Lipinski definition) is 2. The van der Waals surface area contributed by atoms with Gasteiger partial charge in [0.2, 0.25) is 5.91 Å². The molecule has 0 aliphatic rings. The highest BCUT2D eigenvalue weighted by Crippen LogP contribution is 2.06. The number of unbranched alkanes of at least 4 members (excludes halogenated alkanes) is 1. The minimum absolute atomic E-state index is 0.0413. The van der Waals surface area contributed by atoms with Gasteiger partial charge < -0.3 is 10.0 Å². The number of carbonyl (C=O) groups is 3. The molecule has 6 heteroatoms. The van der Waals surface area contributed by atoms with E-state index >= 15 is 0 Å². The average molecular weight is 258 g/mol. The summed E-state index contributed by atoms with van der Waals surface area (Å²) >= 11 is 0. The summed E-state index contributed by atoms with van der Waals surface area (Å²) in [6.07, 6.45) is 1.82. The molecular weight excluding hydrogens is 236 g/mol. The van der Waals surface area contributed by atoms with Crippen molar-refractivity contribution in [3.8, 4) is 0 Å². The Morgan fingerprint density at radius 3 is 2.39 bits per heavy atom. The van der Waals surface area contributed by atoms with Gasteiger partial charge in [-0.25, -0.2) is 4.79 Å². The summed E-state index contributed by atoms with van der Waals surface area (Å²) in [6, 6.07) is -0.434. The number of nitrogens with one attached hydrogen (secondary N) is 1. The van der Waals surface area contributed by atoms with Crippen LogP contribution >= 0.6 is 0 Å². The van der Waals surface area contributed by atoms with Crippen LogP contribution in [0.3, 0.4) is 0 Å². The van der Waals surface area contributed by atoms with Gasteiger partial charge in [-0.3, -0.25) is 14.9 Å². The summed E-state index contributed by atoms with van der Waals surface area (Å²) in [7, 11) is 1.62. The smallest absolute Gasteiger partial charge is 0.323 e. The van der Waals surface area contributed by atoms with Crippen LogP contribution in [0.5, 0.6) is 0 Å². The molecule has 0 spiro atoms. The van der Waals surface area contributed by atoms with Crippen molar-refractivity contribution in [2.75, 3.05) is 13.6 Å². The maximum absolute atomic E-state index is 11.5. The lowest BCUT2D eigenvalue weighted by atomic mass is 10.0. The normalized spacial score (nSPS) is 11.7. The monoisotopic (exact) mass is 258 g/mol. The number of nitrogens with zero attached hydrogens (tertiary/aromatic N) is 1. The lowest BCUT2D eigenvalue weighted by Gasteiger charge is -2.17. The lowest BCUT2D eigenvalue weighted by Crippen LogP contribution is -2.41.